The zero-order chi connectivity index (χ0) is 14.9. The van der Waals surface area contributed by atoms with E-state index >= 15 is 0 Å². The molecule has 1 aromatic rings. The lowest BCUT2D eigenvalue weighted by atomic mass is 10.1. The number of carbonyl (C=O) groups is 1. The fourth-order valence-electron chi connectivity index (χ4n) is 2.04. The summed E-state index contributed by atoms with van der Waals surface area (Å²) in [7, 11) is 2.71. The number of carbonyl (C=O) groups excluding carboxylic acids is 1. The Bertz CT molecular complexity index is 538. The molecule has 0 aliphatic heterocycles. The number of phenols is 1. The van der Waals surface area contributed by atoms with Crippen LogP contribution in [0.3, 0.4) is 0 Å². The molecule has 0 spiro atoms. The van der Waals surface area contributed by atoms with E-state index in [-0.39, 0.29) is 46.6 Å². The van der Waals surface area contributed by atoms with Crippen molar-refractivity contribution in [2.75, 3.05) is 14.2 Å². The molecular formula is C13H15ClFNO4. The minimum atomic E-state index is -0.730. The molecule has 2 unspecified atom stereocenters. The van der Waals surface area contributed by atoms with Gasteiger partial charge in [0.15, 0.2) is 5.82 Å². The number of benzene rings is 1. The van der Waals surface area contributed by atoms with Gasteiger partial charge in [-0.05, 0) is 6.42 Å². The summed E-state index contributed by atoms with van der Waals surface area (Å²) in [5.74, 6) is -1.37. The van der Waals surface area contributed by atoms with Gasteiger partial charge in [0.25, 0.3) is 0 Å². The lowest BCUT2D eigenvalue weighted by Gasteiger charge is -2.12. The zero-order valence-electron chi connectivity index (χ0n) is 11.1. The standard InChI is InChI=1S/C13H15ClFNO4/c1-19-10-4-9(17)11(14)12(15)7(10)5-16-8-3-6(8)13(18)20-2/h4,6,8,16-17H,3,5H2,1-2H3. The molecule has 20 heavy (non-hydrogen) atoms. The van der Waals surface area contributed by atoms with Crippen LogP contribution < -0.4 is 10.1 Å². The van der Waals surface area contributed by atoms with Crippen molar-refractivity contribution >= 4 is 17.6 Å². The van der Waals surface area contributed by atoms with Gasteiger partial charge in [-0.2, -0.15) is 0 Å². The van der Waals surface area contributed by atoms with Crippen LogP contribution in [-0.2, 0) is 16.1 Å². The zero-order valence-corrected chi connectivity index (χ0v) is 11.8. The molecule has 0 saturated heterocycles. The fourth-order valence-corrected chi connectivity index (χ4v) is 2.21. The first-order valence-corrected chi connectivity index (χ1v) is 6.42. The Kier molecular flexibility index (Phi) is 4.35. The molecule has 0 bridgehead atoms. The summed E-state index contributed by atoms with van der Waals surface area (Å²) in [4.78, 5) is 11.3. The van der Waals surface area contributed by atoms with Gasteiger partial charge < -0.3 is 19.9 Å². The Balaban J connectivity index is 2.07. The summed E-state index contributed by atoms with van der Waals surface area (Å²) in [6.07, 6.45) is 0.655. The molecule has 7 heteroatoms. The average Bonchev–Trinajstić information content (AvgIpc) is 3.22. The highest BCUT2D eigenvalue weighted by Gasteiger charge is 2.43. The molecule has 1 aliphatic rings. The Morgan fingerprint density at radius 3 is 2.90 bits per heavy atom. The first kappa shape index (κ1) is 14.9. The lowest BCUT2D eigenvalue weighted by molar-refractivity contribution is -0.142. The highest BCUT2D eigenvalue weighted by atomic mass is 35.5. The molecule has 110 valence electrons. The van der Waals surface area contributed by atoms with Crippen molar-refractivity contribution in [2.24, 2.45) is 5.92 Å². The quantitative estimate of drug-likeness (QED) is 0.813. The highest BCUT2D eigenvalue weighted by molar-refractivity contribution is 6.32. The van der Waals surface area contributed by atoms with Crippen LogP contribution in [0.15, 0.2) is 6.07 Å². The van der Waals surface area contributed by atoms with Crippen molar-refractivity contribution in [3.05, 3.63) is 22.5 Å². The largest absolute Gasteiger partial charge is 0.506 e. The van der Waals surface area contributed by atoms with Crippen LogP contribution in [-0.4, -0.2) is 31.3 Å². The third-order valence-electron chi connectivity index (χ3n) is 3.30. The maximum Gasteiger partial charge on any atom is 0.310 e. The lowest BCUT2D eigenvalue weighted by Crippen LogP contribution is -2.21. The van der Waals surface area contributed by atoms with Crippen LogP contribution in [0.1, 0.15) is 12.0 Å². The van der Waals surface area contributed by atoms with Gasteiger partial charge in [-0.25, -0.2) is 4.39 Å². The van der Waals surface area contributed by atoms with Gasteiger partial charge in [0.2, 0.25) is 0 Å². The van der Waals surface area contributed by atoms with Crippen LogP contribution in [0.4, 0.5) is 4.39 Å². The smallest absolute Gasteiger partial charge is 0.310 e. The predicted octanol–water partition coefficient (Wildman–Crippen LogP) is 1.84. The van der Waals surface area contributed by atoms with Gasteiger partial charge in [0, 0.05) is 24.2 Å². The van der Waals surface area contributed by atoms with Gasteiger partial charge in [0.05, 0.1) is 20.1 Å². The van der Waals surface area contributed by atoms with Crippen molar-refractivity contribution < 1.29 is 23.8 Å². The van der Waals surface area contributed by atoms with Crippen LogP contribution in [0.2, 0.25) is 5.02 Å². The van der Waals surface area contributed by atoms with E-state index in [9.17, 15) is 14.3 Å². The van der Waals surface area contributed by atoms with E-state index in [0.717, 1.165) is 0 Å². The molecule has 0 heterocycles. The molecule has 2 rings (SSSR count). The number of nitrogens with one attached hydrogen (secondary N) is 1. The second-order valence-electron chi connectivity index (χ2n) is 4.56. The van der Waals surface area contributed by atoms with E-state index in [1.54, 1.807) is 0 Å². The molecule has 5 nitrogen and oxygen atoms in total. The van der Waals surface area contributed by atoms with Crippen molar-refractivity contribution in [3.63, 3.8) is 0 Å². The maximum atomic E-state index is 14.0. The van der Waals surface area contributed by atoms with E-state index in [4.69, 9.17) is 16.3 Å². The number of halogens is 2. The van der Waals surface area contributed by atoms with E-state index in [1.807, 2.05) is 0 Å². The Hall–Kier alpha value is -1.53. The van der Waals surface area contributed by atoms with E-state index in [2.05, 4.69) is 10.1 Å². The number of ether oxygens (including phenoxy) is 2. The number of rotatable bonds is 5. The summed E-state index contributed by atoms with van der Waals surface area (Å²) in [6.45, 7) is 0.146. The van der Waals surface area contributed by atoms with E-state index in [0.29, 0.717) is 6.42 Å². The third-order valence-corrected chi connectivity index (χ3v) is 3.66. The number of hydrogen-bond acceptors (Lipinski definition) is 5. The number of hydrogen-bond donors (Lipinski definition) is 2. The molecule has 2 N–H and O–H groups in total. The van der Waals surface area contributed by atoms with Crippen molar-refractivity contribution in [3.8, 4) is 11.5 Å². The average molecular weight is 304 g/mol. The first-order valence-electron chi connectivity index (χ1n) is 6.04. The summed E-state index contributed by atoms with van der Waals surface area (Å²) in [6, 6.07) is 1.21. The molecule has 0 radical (unpaired) electrons. The second-order valence-corrected chi connectivity index (χ2v) is 4.94. The maximum absolute atomic E-state index is 14.0. The van der Waals surface area contributed by atoms with Crippen molar-refractivity contribution in [1.29, 1.82) is 0 Å². The van der Waals surface area contributed by atoms with Crippen LogP contribution in [0.25, 0.3) is 0 Å². The molecule has 1 fully saturated rings. The normalized spacial score (nSPS) is 20.6. The Morgan fingerprint density at radius 2 is 2.30 bits per heavy atom. The first-order chi connectivity index (χ1) is 9.49. The Labute approximate surface area is 120 Å². The van der Waals surface area contributed by atoms with Crippen LogP contribution in [0, 0.1) is 11.7 Å². The molecule has 0 aromatic heterocycles. The summed E-state index contributed by atoms with van der Waals surface area (Å²) in [5.41, 5.74) is 0.214. The molecule has 1 aromatic carbocycles. The van der Waals surface area contributed by atoms with Gasteiger partial charge >= 0.3 is 5.97 Å². The summed E-state index contributed by atoms with van der Waals surface area (Å²) in [5, 5.41) is 12.1. The number of aromatic hydroxyl groups is 1. The minimum absolute atomic E-state index is 0.0425. The number of methoxy groups -OCH3 is 2. The monoisotopic (exact) mass is 303 g/mol. The predicted molar refractivity (Wildman–Crippen MR) is 70.4 cm³/mol. The molecule has 2 atom stereocenters. The summed E-state index contributed by atoms with van der Waals surface area (Å²) < 4.78 is 23.6. The third kappa shape index (κ3) is 2.81. The van der Waals surface area contributed by atoms with Crippen LogP contribution in [0.5, 0.6) is 11.5 Å². The molecule has 0 amide bonds. The van der Waals surface area contributed by atoms with E-state index in [1.165, 1.54) is 20.3 Å². The molecular weight excluding hydrogens is 289 g/mol. The Morgan fingerprint density at radius 1 is 1.60 bits per heavy atom. The minimum Gasteiger partial charge on any atom is -0.506 e. The topological polar surface area (TPSA) is 67.8 Å². The molecule has 1 saturated carbocycles. The van der Waals surface area contributed by atoms with E-state index < -0.39 is 5.82 Å². The summed E-state index contributed by atoms with van der Waals surface area (Å²) >= 11 is 5.66. The number of phenolic OH excluding ortho intramolecular Hbond substituents is 1. The van der Waals surface area contributed by atoms with Gasteiger partial charge in [-0.15, -0.1) is 0 Å². The molecule has 1 aliphatic carbocycles. The second kappa shape index (κ2) is 5.85. The SMILES string of the molecule is COC(=O)C1CC1NCc1c(OC)cc(O)c(Cl)c1F. The van der Waals surface area contributed by atoms with Gasteiger partial charge in [0.1, 0.15) is 16.5 Å². The number of esters is 1. The van der Waals surface area contributed by atoms with Gasteiger partial charge in [-0.1, -0.05) is 11.6 Å². The highest BCUT2D eigenvalue weighted by Crippen LogP contribution is 2.37. The fraction of sp³-hybridized carbons (Fsp3) is 0.462. The van der Waals surface area contributed by atoms with Crippen molar-refractivity contribution in [1.82, 2.24) is 5.32 Å². The van der Waals surface area contributed by atoms with Crippen LogP contribution >= 0.6 is 11.6 Å². The van der Waals surface area contributed by atoms with Crippen molar-refractivity contribution in [2.45, 2.75) is 19.0 Å². The van der Waals surface area contributed by atoms with Gasteiger partial charge in [-0.3, -0.25) is 4.79 Å².